The summed E-state index contributed by atoms with van der Waals surface area (Å²) in [4.78, 5) is 6.89. The highest BCUT2D eigenvalue weighted by atomic mass is 15.2. The smallest absolute Gasteiger partial charge is 0.191 e. The standard InChI is InChI=1S/C19H32N4/c1-19(2,3)22-18(20-4)21-14-17-11-13-23(15-17)12-10-16-8-6-5-7-9-16/h5-9,17H,10-15H2,1-4H3,(H2,20,21,22). The number of nitrogens with one attached hydrogen (secondary N) is 2. The number of hydrogen-bond donors (Lipinski definition) is 2. The van der Waals surface area contributed by atoms with Crippen LogP contribution < -0.4 is 10.6 Å². The van der Waals surface area contributed by atoms with E-state index in [-0.39, 0.29) is 5.54 Å². The molecule has 1 atom stereocenters. The fraction of sp³-hybridized carbons (Fsp3) is 0.632. The van der Waals surface area contributed by atoms with E-state index in [1.807, 2.05) is 7.05 Å². The number of nitrogens with zero attached hydrogens (tertiary/aromatic N) is 2. The van der Waals surface area contributed by atoms with Gasteiger partial charge in [0.2, 0.25) is 0 Å². The average Bonchev–Trinajstić information content (AvgIpc) is 2.97. The maximum Gasteiger partial charge on any atom is 0.191 e. The lowest BCUT2D eigenvalue weighted by Crippen LogP contribution is -2.48. The molecule has 1 heterocycles. The predicted molar refractivity (Wildman–Crippen MR) is 98.9 cm³/mol. The van der Waals surface area contributed by atoms with Crippen LogP contribution >= 0.6 is 0 Å². The van der Waals surface area contributed by atoms with Gasteiger partial charge >= 0.3 is 0 Å². The fourth-order valence-corrected chi connectivity index (χ4v) is 2.99. The lowest BCUT2D eigenvalue weighted by Gasteiger charge is -2.24. The molecule has 0 saturated carbocycles. The molecule has 0 bridgehead atoms. The summed E-state index contributed by atoms with van der Waals surface area (Å²) in [5, 5.41) is 6.89. The molecule has 4 heteroatoms. The molecular formula is C19H32N4. The molecular weight excluding hydrogens is 284 g/mol. The van der Waals surface area contributed by atoms with Gasteiger partial charge in [0.15, 0.2) is 5.96 Å². The summed E-state index contributed by atoms with van der Waals surface area (Å²) >= 11 is 0. The second-order valence-corrected chi connectivity index (χ2v) is 7.52. The molecule has 2 N–H and O–H groups in total. The van der Waals surface area contributed by atoms with Crippen LogP contribution in [0.4, 0.5) is 0 Å². The van der Waals surface area contributed by atoms with Crippen LogP contribution in [0.15, 0.2) is 35.3 Å². The third kappa shape index (κ3) is 6.61. The summed E-state index contributed by atoms with van der Waals surface area (Å²) in [6.45, 7) is 11.0. The highest BCUT2D eigenvalue weighted by Crippen LogP contribution is 2.16. The van der Waals surface area contributed by atoms with E-state index in [0.717, 1.165) is 25.5 Å². The van der Waals surface area contributed by atoms with E-state index in [1.54, 1.807) is 0 Å². The first-order valence-corrected chi connectivity index (χ1v) is 8.71. The molecule has 1 fully saturated rings. The van der Waals surface area contributed by atoms with Crippen molar-refractivity contribution in [3.05, 3.63) is 35.9 Å². The van der Waals surface area contributed by atoms with Crippen molar-refractivity contribution in [3.8, 4) is 0 Å². The van der Waals surface area contributed by atoms with Gasteiger partial charge in [-0.25, -0.2) is 0 Å². The van der Waals surface area contributed by atoms with Gasteiger partial charge in [-0.15, -0.1) is 0 Å². The summed E-state index contributed by atoms with van der Waals surface area (Å²) in [5.41, 5.74) is 1.48. The molecule has 23 heavy (non-hydrogen) atoms. The molecule has 1 saturated heterocycles. The summed E-state index contributed by atoms with van der Waals surface area (Å²) < 4.78 is 0. The maximum atomic E-state index is 4.31. The molecule has 0 aliphatic carbocycles. The molecule has 0 spiro atoms. The highest BCUT2D eigenvalue weighted by Gasteiger charge is 2.22. The van der Waals surface area contributed by atoms with E-state index >= 15 is 0 Å². The maximum absolute atomic E-state index is 4.31. The van der Waals surface area contributed by atoms with Crippen molar-refractivity contribution in [3.63, 3.8) is 0 Å². The van der Waals surface area contributed by atoms with Gasteiger partial charge in [-0.1, -0.05) is 30.3 Å². The first-order valence-electron chi connectivity index (χ1n) is 8.71. The summed E-state index contributed by atoms with van der Waals surface area (Å²) in [6.07, 6.45) is 2.42. The van der Waals surface area contributed by atoms with Crippen molar-refractivity contribution in [2.24, 2.45) is 10.9 Å². The Morgan fingerprint density at radius 1 is 1.26 bits per heavy atom. The lowest BCUT2D eigenvalue weighted by atomic mass is 10.1. The van der Waals surface area contributed by atoms with Gasteiger partial charge in [-0.3, -0.25) is 4.99 Å². The van der Waals surface area contributed by atoms with Crippen molar-refractivity contribution in [1.82, 2.24) is 15.5 Å². The average molecular weight is 316 g/mol. The van der Waals surface area contributed by atoms with Gasteiger partial charge in [0.05, 0.1) is 0 Å². The van der Waals surface area contributed by atoms with Crippen LogP contribution in [0.3, 0.4) is 0 Å². The number of likely N-dealkylation sites (tertiary alicyclic amines) is 1. The second kappa shape index (κ2) is 8.34. The second-order valence-electron chi connectivity index (χ2n) is 7.52. The molecule has 2 rings (SSSR count). The van der Waals surface area contributed by atoms with Crippen LogP contribution in [0.1, 0.15) is 32.8 Å². The van der Waals surface area contributed by atoms with Gasteiger partial charge in [-0.05, 0) is 51.6 Å². The zero-order valence-electron chi connectivity index (χ0n) is 15.1. The van der Waals surface area contributed by atoms with Gasteiger partial charge < -0.3 is 15.5 Å². The number of aliphatic imine (C=N–C) groups is 1. The lowest BCUT2D eigenvalue weighted by molar-refractivity contribution is 0.328. The number of benzene rings is 1. The number of rotatable bonds is 5. The largest absolute Gasteiger partial charge is 0.356 e. The quantitative estimate of drug-likeness (QED) is 0.648. The SMILES string of the molecule is CN=C(NCC1CCN(CCc2ccccc2)C1)NC(C)(C)C. The van der Waals surface area contributed by atoms with Crippen LogP contribution in [-0.2, 0) is 6.42 Å². The molecule has 1 aromatic carbocycles. The Labute approximate surface area is 141 Å². The van der Waals surface area contributed by atoms with Crippen LogP contribution in [-0.4, -0.2) is 49.6 Å². The van der Waals surface area contributed by atoms with Crippen molar-refractivity contribution in [2.45, 2.75) is 39.2 Å². The van der Waals surface area contributed by atoms with Crippen LogP contribution in [0.2, 0.25) is 0 Å². The van der Waals surface area contributed by atoms with Crippen molar-refractivity contribution in [1.29, 1.82) is 0 Å². The molecule has 128 valence electrons. The molecule has 1 unspecified atom stereocenters. The Morgan fingerprint density at radius 3 is 2.65 bits per heavy atom. The van der Waals surface area contributed by atoms with E-state index in [9.17, 15) is 0 Å². The number of hydrogen-bond acceptors (Lipinski definition) is 2. The van der Waals surface area contributed by atoms with Gasteiger partial charge in [0, 0.05) is 32.2 Å². The van der Waals surface area contributed by atoms with Gasteiger partial charge in [-0.2, -0.15) is 0 Å². The third-order valence-electron chi connectivity index (χ3n) is 4.20. The molecule has 4 nitrogen and oxygen atoms in total. The molecule has 0 radical (unpaired) electrons. The van der Waals surface area contributed by atoms with Crippen LogP contribution in [0, 0.1) is 5.92 Å². The first kappa shape index (κ1) is 17.8. The van der Waals surface area contributed by atoms with E-state index in [2.05, 4.69) is 71.6 Å². The normalized spacial score (nSPS) is 19.8. The molecule has 1 aliphatic rings. The zero-order valence-corrected chi connectivity index (χ0v) is 15.1. The van der Waals surface area contributed by atoms with E-state index in [1.165, 1.54) is 25.1 Å². The minimum absolute atomic E-state index is 0.0409. The van der Waals surface area contributed by atoms with E-state index in [4.69, 9.17) is 0 Å². The molecule has 0 amide bonds. The van der Waals surface area contributed by atoms with Gasteiger partial charge in [0.1, 0.15) is 0 Å². The minimum Gasteiger partial charge on any atom is -0.356 e. The number of guanidine groups is 1. The van der Waals surface area contributed by atoms with Crippen LogP contribution in [0.5, 0.6) is 0 Å². The highest BCUT2D eigenvalue weighted by molar-refractivity contribution is 5.80. The summed E-state index contributed by atoms with van der Waals surface area (Å²) in [7, 11) is 1.84. The Bertz CT molecular complexity index is 490. The Kier molecular flexibility index (Phi) is 6.46. The monoisotopic (exact) mass is 316 g/mol. The fourth-order valence-electron chi connectivity index (χ4n) is 2.99. The minimum atomic E-state index is 0.0409. The molecule has 1 aromatic rings. The van der Waals surface area contributed by atoms with Crippen molar-refractivity contribution < 1.29 is 0 Å². The van der Waals surface area contributed by atoms with E-state index in [0.29, 0.717) is 5.92 Å². The summed E-state index contributed by atoms with van der Waals surface area (Å²) in [5.74, 6) is 1.62. The van der Waals surface area contributed by atoms with Crippen molar-refractivity contribution >= 4 is 5.96 Å². The predicted octanol–water partition coefficient (Wildman–Crippen LogP) is 2.51. The Hall–Kier alpha value is -1.55. The third-order valence-corrected chi connectivity index (χ3v) is 4.20. The Balaban J connectivity index is 1.69. The zero-order chi connectivity index (χ0) is 16.7. The van der Waals surface area contributed by atoms with E-state index < -0.39 is 0 Å². The molecule has 0 aromatic heterocycles. The first-order chi connectivity index (χ1) is 11.0. The van der Waals surface area contributed by atoms with Gasteiger partial charge in [0.25, 0.3) is 0 Å². The van der Waals surface area contributed by atoms with Crippen LogP contribution in [0.25, 0.3) is 0 Å². The topological polar surface area (TPSA) is 39.7 Å². The molecule has 1 aliphatic heterocycles. The van der Waals surface area contributed by atoms with Crippen molar-refractivity contribution in [2.75, 3.05) is 33.2 Å². The summed E-state index contributed by atoms with van der Waals surface area (Å²) in [6, 6.07) is 10.8. The Morgan fingerprint density at radius 2 is 2.00 bits per heavy atom.